The molecule has 0 aliphatic heterocycles. The largest absolute Gasteiger partial charge is 0.310 e. The zero-order chi connectivity index (χ0) is 24.8. The molecule has 0 unspecified atom stereocenters. The molecule has 0 fully saturated rings. The van der Waals surface area contributed by atoms with Crippen molar-refractivity contribution in [1.82, 2.24) is 0 Å². The van der Waals surface area contributed by atoms with Gasteiger partial charge in [0, 0.05) is 41.7 Å². The Bertz CT molecular complexity index is 1880. The first-order chi connectivity index (χ1) is 18.3. The molecule has 1 aromatic heterocycles. The molecule has 0 spiro atoms. The zero-order valence-corrected chi connectivity index (χ0v) is 22.3. The molecule has 0 atom stereocenters. The van der Waals surface area contributed by atoms with E-state index in [0.717, 1.165) is 21.5 Å². The van der Waals surface area contributed by atoms with Crippen molar-refractivity contribution in [1.29, 1.82) is 0 Å². The fourth-order valence-electron chi connectivity index (χ4n) is 5.19. The van der Waals surface area contributed by atoms with E-state index in [2.05, 4.69) is 154 Å². The van der Waals surface area contributed by atoms with Crippen LogP contribution in [-0.4, -0.2) is 0 Å². The van der Waals surface area contributed by atoms with Crippen LogP contribution >= 0.6 is 27.3 Å². The zero-order valence-electron chi connectivity index (χ0n) is 19.9. The third-order valence-electron chi connectivity index (χ3n) is 6.92. The molecule has 3 heteroatoms. The van der Waals surface area contributed by atoms with Crippen LogP contribution in [0.5, 0.6) is 0 Å². The Morgan fingerprint density at radius 1 is 0.514 bits per heavy atom. The van der Waals surface area contributed by atoms with E-state index in [0.29, 0.717) is 0 Å². The van der Waals surface area contributed by atoms with Crippen molar-refractivity contribution in [3.05, 3.63) is 138 Å². The van der Waals surface area contributed by atoms with Crippen molar-refractivity contribution < 1.29 is 0 Å². The lowest BCUT2D eigenvalue weighted by Crippen LogP contribution is -2.09. The molecular formula is C34H22BrNS. The molecule has 0 radical (unpaired) electrons. The first-order valence-electron chi connectivity index (χ1n) is 12.3. The highest BCUT2D eigenvalue weighted by atomic mass is 79.9. The molecule has 6 aromatic carbocycles. The molecule has 0 N–H and O–H groups in total. The van der Waals surface area contributed by atoms with Gasteiger partial charge in [-0.15, -0.1) is 11.3 Å². The minimum Gasteiger partial charge on any atom is -0.310 e. The van der Waals surface area contributed by atoms with Gasteiger partial charge in [-0.25, -0.2) is 0 Å². The summed E-state index contributed by atoms with van der Waals surface area (Å²) in [6.45, 7) is 0. The molecule has 1 heterocycles. The molecule has 0 aliphatic rings. The molecule has 0 bridgehead atoms. The lowest BCUT2D eigenvalue weighted by molar-refractivity contribution is 1.29. The highest BCUT2D eigenvalue weighted by Crippen LogP contribution is 2.44. The minimum atomic E-state index is 1.12. The van der Waals surface area contributed by atoms with E-state index in [1.165, 1.54) is 42.1 Å². The number of hydrogen-bond donors (Lipinski definition) is 0. The second-order valence-corrected chi connectivity index (χ2v) is 11.1. The van der Waals surface area contributed by atoms with Gasteiger partial charge in [0.2, 0.25) is 0 Å². The van der Waals surface area contributed by atoms with E-state index >= 15 is 0 Å². The summed E-state index contributed by atoms with van der Waals surface area (Å²) in [5.74, 6) is 0. The molecule has 7 rings (SSSR count). The first kappa shape index (κ1) is 22.3. The monoisotopic (exact) mass is 555 g/mol. The molecule has 7 aromatic rings. The quantitative estimate of drug-likeness (QED) is 0.208. The van der Waals surface area contributed by atoms with Gasteiger partial charge in [0.15, 0.2) is 0 Å². The molecule has 0 saturated heterocycles. The van der Waals surface area contributed by atoms with Gasteiger partial charge in [-0.3, -0.25) is 0 Å². The van der Waals surface area contributed by atoms with Crippen LogP contribution in [0.15, 0.2) is 138 Å². The van der Waals surface area contributed by atoms with Gasteiger partial charge in [0.25, 0.3) is 0 Å². The van der Waals surface area contributed by atoms with Crippen LogP contribution < -0.4 is 4.90 Å². The van der Waals surface area contributed by atoms with E-state index in [9.17, 15) is 0 Å². The summed E-state index contributed by atoms with van der Waals surface area (Å²) in [6.07, 6.45) is 0. The van der Waals surface area contributed by atoms with Gasteiger partial charge in [0.1, 0.15) is 0 Å². The van der Waals surface area contributed by atoms with Crippen LogP contribution in [0, 0.1) is 0 Å². The molecule has 37 heavy (non-hydrogen) atoms. The van der Waals surface area contributed by atoms with Crippen LogP contribution in [0.4, 0.5) is 17.1 Å². The predicted molar refractivity (Wildman–Crippen MR) is 165 cm³/mol. The van der Waals surface area contributed by atoms with E-state index in [4.69, 9.17) is 0 Å². The van der Waals surface area contributed by atoms with Gasteiger partial charge >= 0.3 is 0 Å². The number of halogens is 1. The summed E-state index contributed by atoms with van der Waals surface area (Å²) in [7, 11) is 0. The number of benzene rings is 6. The first-order valence-corrected chi connectivity index (χ1v) is 13.9. The number of thiophene rings is 1. The van der Waals surface area contributed by atoms with Crippen LogP contribution in [-0.2, 0) is 0 Å². The topological polar surface area (TPSA) is 3.24 Å². The van der Waals surface area contributed by atoms with Crippen molar-refractivity contribution in [2.75, 3.05) is 4.90 Å². The average Bonchev–Trinajstić information content (AvgIpc) is 3.33. The van der Waals surface area contributed by atoms with Gasteiger partial charge in [-0.05, 0) is 80.3 Å². The van der Waals surface area contributed by atoms with E-state index in [1.54, 1.807) is 0 Å². The Labute approximate surface area is 228 Å². The van der Waals surface area contributed by atoms with E-state index in [1.807, 2.05) is 11.3 Å². The number of nitrogens with zero attached hydrogens (tertiary/aromatic N) is 1. The van der Waals surface area contributed by atoms with Gasteiger partial charge in [-0.2, -0.15) is 0 Å². The predicted octanol–water partition coefficient (Wildman–Crippen LogP) is 11.1. The van der Waals surface area contributed by atoms with Crippen molar-refractivity contribution in [2.45, 2.75) is 0 Å². The summed E-state index contributed by atoms with van der Waals surface area (Å²) in [4.78, 5) is 2.34. The molecule has 176 valence electrons. The Morgan fingerprint density at radius 2 is 1.19 bits per heavy atom. The number of hydrogen-bond acceptors (Lipinski definition) is 2. The molecular weight excluding hydrogens is 534 g/mol. The Kier molecular flexibility index (Phi) is 5.53. The fourth-order valence-corrected chi connectivity index (χ4v) is 6.97. The number of fused-ring (bicyclic) bond motifs is 4. The maximum Gasteiger partial charge on any atom is 0.0499 e. The Balaban J connectivity index is 1.39. The SMILES string of the molecule is Brc1cc(N(c2ccccc2)c2ccc(-c3cccc4ccccc34)cc2)cc2c1sc1ccccc12. The van der Waals surface area contributed by atoms with Crippen LogP contribution in [0.1, 0.15) is 0 Å². The average molecular weight is 557 g/mol. The molecule has 0 aliphatic carbocycles. The second kappa shape index (κ2) is 9.19. The van der Waals surface area contributed by atoms with Gasteiger partial charge < -0.3 is 4.90 Å². The van der Waals surface area contributed by atoms with Gasteiger partial charge in [0.05, 0.1) is 0 Å². The molecule has 0 saturated carbocycles. The second-order valence-electron chi connectivity index (χ2n) is 9.15. The maximum atomic E-state index is 3.89. The van der Waals surface area contributed by atoms with Crippen LogP contribution in [0.3, 0.4) is 0 Å². The fraction of sp³-hybridized carbons (Fsp3) is 0. The van der Waals surface area contributed by atoms with Crippen LogP contribution in [0.25, 0.3) is 42.1 Å². The highest BCUT2D eigenvalue weighted by Gasteiger charge is 2.17. The third kappa shape index (κ3) is 3.92. The number of rotatable bonds is 4. The lowest BCUT2D eigenvalue weighted by atomic mass is 9.98. The van der Waals surface area contributed by atoms with Gasteiger partial charge in [-0.1, -0.05) is 91.0 Å². The summed E-state index contributed by atoms with van der Waals surface area (Å²) < 4.78 is 3.71. The van der Waals surface area contributed by atoms with E-state index < -0.39 is 0 Å². The summed E-state index contributed by atoms with van der Waals surface area (Å²) in [5.41, 5.74) is 5.86. The van der Waals surface area contributed by atoms with Crippen molar-refractivity contribution in [3.8, 4) is 11.1 Å². The lowest BCUT2D eigenvalue weighted by Gasteiger charge is -2.26. The van der Waals surface area contributed by atoms with Crippen LogP contribution in [0.2, 0.25) is 0 Å². The Morgan fingerprint density at radius 3 is 2.03 bits per heavy atom. The Hall–Kier alpha value is -3.92. The molecule has 1 nitrogen and oxygen atoms in total. The summed E-state index contributed by atoms with van der Waals surface area (Å²) >= 11 is 5.72. The normalized spacial score (nSPS) is 11.4. The smallest absolute Gasteiger partial charge is 0.0499 e. The summed E-state index contributed by atoms with van der Waals surface area (Å²) in [5, 5.41) is 5.11. The molecule has 0 amide bonds. The van der Waals surface area contributed by atoms with Crippen molar-refractivity contribution >= 4 is 75.3 Å². The highest BCUT2D eigenvalue weighted by molar-refractivity contribution is 9.10. The van der Waals surface area contributed by atoms with Crippen molar-refractivity contribution in [3.63, 3.8) is 0 Å². The number of anilines is 3. The minimum absolute atomic E-state index is 1.12. The number of para-hydroxylation sites is 1. The third-order valence-corrected chi connectivity index (χ3v) is 9.02. The maximum absolute atomic E-state index is 3.89. The standard InChI is InChI=1S/C34H22BrNS/c35-32-22-27(21-31-30-14-6-7-16-33(30)37-34(31)32)36(25-11-2-1-3-12-25)26-19-17-24(18-20-26)29-15-8-10-23-9-4-5-13-28(23)29/h1-22H. The van der Waals surface area contributed by atoms with E-state index in [-0.39, 0.29) is 0 Å². The summed E-state index contributed by atoms with van der Waals surface area (Å²) in [6, 6.07) is 47.8. The van der Waals surface area contributed by atoms with Crippen molar-refractivity contribution in [2.24, 2.45) is 0 Å².